The molecule has 0 aromatic rings. The van der Waals surface area contributed by atoms with Crippen LogP contribution >= 0.6 is 0 Å². The SMILES string of the molecule is CC(C)C(=O)NCCCCCC(=O)N(C(C)C)C(C)C. The summed E-state index contributed by atoms with van der Waals surface area (Å²) < 4.78 is 0. The summed E-state index contributed by atoms with van der Waals surface area (Å²) in [6, 6.07) is 0.514. The van der Waals surface area contributed by atoms with E-state index in [0.29, 0.717) is 13.0 Å². The molecule has 118 valence electrons. The van der Waals surface area contributed by atoms with E-state index in [4.69, 9.17) is 0 Å². The zero-order valence-electron chi connectivity index (χ0n) is 14.0. The molecule has 0 atom stereocenters. The lowest BCUT2D eigenvalue weighted by molar-refractivity contribution is -0.135. The Bertz CT molecular complexity index is 291. The third-order valence-corrected chi connectivity index (χ3v) is 3.29. The number of nitrogens with zero attached hydrogens (tertiary/aromatic N) is 1. The van der Waals surface area contributed by atoms with E-state index < -0.39 is 0 Å². The van der Waals surface area contributed by atoms with Gasteiger partial charge in [0, 0.05) is 31.0 Å². The molecule has 0 fully saturated rings. The summed E-state index contributed by atoms with van der Waals surface area (Å²) >= 11 is 0. The Labute approximate surface area is 124 Å². The van der Waals surface area contributed by atoms with Gasteiger partial charge in [-0.05, 0) is 40.5 Å². The van der Waals surface area contributed by atoms with Crippen LogP contribution in [-0.2, 0) is 9.59 Å². The van der Waals surface area contributed by atoms with Crippen LogP contribution in [0.25, 0.3) is 0 Å². The Morgan fingerprint density at radius 1 is 0.900 bits per heavy atom. The minimum atomic E-state index is 0.0437. The van der Waals surface area contributed by atoms with Crippen molar-refractivity contribution < 1.29 is 9.59 Å². The summed E-state index contributed by atoms with van der Waals surface area (Å²) in [7, 11) is 0. The normalized spacial score (nSPS) is 11.2. The van der Waals surface area contributed by atoms with Gasteiger partial charge in [0.25, 0.3) is 0 Å². The molecule has 1 N–H and O–H groups in total. The van der Waals surface area contributed by atoms with E-state index in [-0.39, 0.29) is 29.8 Å². The minimum absolute atomic E-state index is 0.0437. The van der Waals surface area contributed by atoms with Crippen molar-refractivity contribution in [1.82, 2.24) is 10.2 Å². The van der Waals surface area contributed by atoms with Gasteiger partial charge in [0.1, 0.15) is 0 Å². The summed E-state index contributed by atoms with van der Waals surface area (Å²) in [6.45, 7) is 12.7. The summed E-state index contributed by atoms with van der Waals surface area (Å²) in [5, 5.41) is 2.90. The summed E-state index contributed by atoms with van der Waals surface area (Å²) in [4.78, 5) is 25.4. The monoisotopic (exact) mass is 284 g/mol. The molecule has 0 spiro atoms. The molecule has 4 nitrogen and oxygen atoms in total. The molecule has 0 rings (SSSR count). The van der Waals surface area contributed by atoms with Crippen LogP contribution in [0, 0.1) is 5.92 Å². The largest absolute Gasteiger partial charge is 0.356 e. The molecule has 20 heavy (non-hydrogen) atoms. The Kier molecular flexibility index (Phi) is 9.26. The average molecular weight is 284 g/mol. The van der Waals surface area contributed by atoms with Crippen LogP contribution in [0.3, 0.4) is 0 Å². The highest BCUT2D eigenvalue weighted by Crippen LogP contribution is 2.10. The Morgan fingerprint density at radius 3 is 1.90 bits per heavy atom. The zero-order chi connectivity index (χ0) is 15.7. The molecule has 0 saturated carbocycles. The van der Waals surface area contributed by atoms with Gasteiger partial charge in [0.2, 0.25) is 11.8 Å². The predicted octanol–water partition coefficient (Wildman–Crippen LogP) is 2.96. The van der Waals surface area contributed by atoms with Gasteiger partial charge in [-0.1, -0.05) is 20.3 Å². The third-order valence-electron chi connectivity index (χ3n) is 3.29. The van der Waals surface area contributed by atoms with Crippen molar-refractivity contribution in [3.05, 3.63) is 0 Å². The number of rotatable bonds is 9. The number of carbonyl (C=O) groups is 2. The maximum Gasteiger partial charge on any atom is 0.223 e. The van der Waals surface area contributed by atoms with Crippen molar-refractivity contribution in [3.63, 3.8) is 0 Å². The number of hydrogen-bond acceptors (Lipinski definition) is 2. The van der Waals surface area contributed by atoms with Crippen molar-refractivity contribution in [1.29, 1.82) is 0 Å². The standard InChI is InChI=1S/C16H32N2O2/c1-12(2)16(20)17-11-9-7-8-10-15(19)18(13(3)4)14(5)6/h12-14H,7-11H2,1-6H3,(H,17,20). The quantitative estimate of drug-likeness (QED) is 0.662. The van der Waals surface area contributed by atoms with Crippen LogP contribution in [-0.4, -0.2) is 35.3 Å². The molecule has 0 saturated heterocycles. The lowest BCUT2D eigenvalue weighted by atomic mass is 10.1. The van der Waals surface area contributed by atoms with Crippen LogP contribution in [0.15, 0.2) is 0 Å². The fraction of sp³-hybridized carbons (Fsp3) is 0.875. The van der Waals surface area contributed by atoms with E-state index in [1.807, 2.05) is 18.7 Å². The molecule has 0 bridgehead atoms. The first-order valence-corrected chi connectivity index (χ1v) is 7.86. The lowest BCUT2D eigenvalue weighted by Gasteiger charge is -2.30. The van der Waals surface area contributed by atoms with E-state index in [2.05, 4.69) is 33.0 Å². The van der Waals surface area contributed by atoms with Gasteiger partial charge in [-0.2, -0.15) is 0 Å². The average Bonchev–Trinajstić information content (AvgIpc) is 2.31. The summed E-state index contributed by atoms with van der Waals surface area (Å²) in [6.07, 6.45) is 3.42. The topological polar surface area (TPSA) is 49.4 Å². The second-order valence-electron chi connectivity index (χ2n) is 6.24. The molecular formula is C16H32N2O2. The predicted molar refractivity (Wildman–Crippen MR) is 83.4 cm³/mol. The molecule has 4 heteroatoms. The molecule has 0 aromatic heterocycles. The van der Waals surface area contributed by atoms with Gasteiger partial charge in [0.15, 0.2) is 0 Å². The van der Waals surface area contributed by atoms with Crippen LogP contribution in [0.2, 0.25) is 0 Å². The maximum absolute atomic E-state index is 12.1. The first kappa shape index (κ1) is 18.9. The lowest BCUT2D eigenvalue weighted by Crippen LogP contribution is -2.41. The molecule has 0 aliphatic heterocycles. The van der Waals surface area contributed by atoms with Gasteiger partial charge >= 0.3 is 0 Å². The highest BCUT2D eigenvalue weighted by molar-refractivity contribution is 5.77. The number of nitrogens with one attached hydrogen (secondary N) is 1. The minimum Gasteiger partial charge on any atom is -0.356 e. The van der Waals surface area contributed by atoms with Crippen LogP contribution in [0.4, 0.5) is 0 Å². The van der Waals surface area contributed by atoms with Crippen molar-refractivity contribution in [2.75, 3.05) is 6.54 Å². The number of amides is 2. The number of unbranched alkanes of at least 4 members (excludes halogenated alkanes) is 2. The zero-order valence-corrected chi connectivity index (χ0v) is 14.0. The fourth-order valence-corrected chi connectivity index (χ4v) is 2.30. The van der Waals surface area contributed by atoms with Crippen molar-refractivity contribution in [2.24, 2.45) is 5.92 Å². The highest BCUT2D eigenvalue weighted by Gasteiger charge is 2.19. The molecular weight excluding hydrogens is 252 g/mol. The fourth-order valence-electron chi connectivity index (χ4n) is 2.30. The second-order valence-corrected chi connectivity index (χ2v) is 6.24. The summed E-state index contributed by atoms with van der Waals surface area (Å²) in [5.74, 6) is 0.385. The first-order valence-electron chi connectivity index (χ1n) is 7.86. The molecule has 0 aliphatic carbocycles. The van der Waals surface area contributed by atoms with Crippen LogP contribution in [0.1, 0.15) is 67.2 Å². The van der Waals surface area contributed by atoms with E-state index in [0.717, 1.165) is 19.3 Å². The second kappa shape index (κ2) is 9.78. The summed E-state index contributed by atoms with van der Waals surface area (Å²) in [5.41, 5.74) is 0. The van der Waals surface area contributed by atoms with Gasteiger partial charge in [-0.15, -0.1) is 0 Å². The van der Waals surface area contributed by atoms with E-state index in [1.54, 1.807) is 0 Å². The number of hydrogen-bond donors (Lipinski definition) is 1. The van der Waals surface area contributed by atoms with Gasteiger partial charge in [0.05, 0.1) is 0 Å². The third kappa shape index (κ3) is 7.51. The van der Waals surface area contributed by atoms with Crippen LogP contribution < -0.4 is 5.32 Å². The van der Waals surface area contributed by atoms with Gasteiger partial charge in [-0.25, -0.2) is 0 Å². The maximum atomic E-state index is 12.1. The van der Waals surface area contributed by atoms with E-state index >= 15 is 0 Å². The van der Waals surface area contributed by atoms with E-state index in [9.17, 15) is 9.59 Å². The van der Waals surface area contributed by atoms with E-state index in [1.165, 1.54) is 0 Å². The van der Waals surface area contributed by atoms with Gasteiger partial charge in [-0.3, -0.25) is 9.59 Å². The first-order chi connectivity index (χ1) is 9.27. The Hall–Kier alpha value is -1.06. The van der Waals surface area contributed by atoms with Crippen molar-refractivity contribution >= 4 is 11.8 Å². The van der Waals surface area contributed by atoms with Crippen molar-refractivity contribution in [3.8, 4) is 0 Å². The van der Waals surface area contributed by atoms with Crippen molar-refractivity contribution in [2.45, 2.75) is 79.3 Å². The molecule has 0 aromatic carbocycles. The number of carbonyl (C=O) groups excluding carboxylic acids is 2. The Balaban J connectivity index is 3.79. The molecule has 0 unspecified atom stereocenters. The molecule has 0 heterocycles. The molecule has 0 aliphatic rings. The smallest absolute Gasteiger partial charge is 0.223 e. The van der Waals surface area contributed by atoms with Crippen LogP contribution in [0.5, 0.6) is 0 Å². The molecule has 2 amide bonds. The Morgan fingerprint density at radius 2 is 1.45 bits per heavy atom. The highest BCUT2D eigenvalue weighted by atomic mass is 16.2. The molecule has 0 radical (unpaired) electrons. The van der Waals surface area contributed by atoms with Gasteiger partial charge < -0.3 is 10.2 Å².